The first kappa shape index (κ1) is 15.7. The van der Waals surface area contributed by atoms with Gasteiger partial charge in [-0.25, -0.2) is 4.68 Å². The maximum Gasteiger partial charge on any atom is 0.262 e. The summed E-state index contributed by atoms with van der Waals surface area (Å²) in [6, 6.07) is 13.1. The van der Waals surface area contributed by atoms with Gasteiger partial charge in [-0.15, -0.1) is 5.10 Å². The number of aryl methyl sites for hydroxylation is 2. The summed E-state index contributed by atoms with van der Waals surface area (Å²) in [7, 11) is 0. The molecule has 0 saturated heterocycles. The van der Waals surface area contributed by atoms with Gasteiger partial charge >= 0.3 is 0 Å². The van der Waals surface area contributed by atoms with Gasteiger partial charge in [0.2, 0.25) is 0 Å². The zero-order valence-electron chi connectivity index (χ0n) is 13.4. The first-order valence-corrected chi connectivity index (χ1v) is 7.46. The molecule has 7 heteroatoms. The van der Waals surface area contributed by atoms with Gasteiger partial charge in [0.15, 0.2) is 6.61 Å². The van der Waals surface area contributed by atoms with Gasteiger partial charge in [-0.05, 0) is 53.6 Å². The van der Waals surface area contributed by atoms with E-state index < -0.39 is 0 Å². The number of nitrogens with one attached hydrogen (secondary N) is 1. The van der Waals surface area contributed by atoms with Crippen molar-refractivity contribution in [2.75, 3.05) is 11.9 Å². The van der Waals surface area contributed by atoms with Crippen LogP contribution >= 0.6 is 0 Å². The minimum absolute atomic E-state index is 0.0548. The van der Waals surface area contributed by atoms with Gasteiger partial charge in [0.25, 0.3) is 5.91 Å². The molecule has 0 atom stereocenters. The van der Waals surface area contributed by atoms with Crippen molar-refractivity contribution in [2.45, 2.75) is 13.8 Å². The number of hydrogen-bond donors (Lipinski definition) is 1. The second-order valence-electron chi connectivity index (χ2n) is 5.36. The van der Waals surface area contributed by atoms with Crippen LogP contribution in [0, 0.1) is 13.8 Å². The normalized spacial score (nSPS) is 10.4. The Balaban J connectivity index is 1.64. The molecule has 24 heavy (non-hydrogen) atoms. The van der Waals surface area contributed by atoms with Gasteiger partial charge < -0.3 is 10.1 Å². The number of carbonyl (C=O) groups excluding carboxylic acids is 1. The smallest absolute Gasteiger partial charge is 0.262 e. The van der Waals surface area contributed by atoms with E-state index in [9.17, 15) is 4.79 Å². The number of benzene rings is 2. The number of carbonyl (C=O) groups is 1. The van der Waals surface area contributed by atoms with Gasteiger partial charge in [0.1, 0.15) is 12.1 Å². The molecule has 7 nitrogen and oxygen atoms in total. The average Bonchev–Trinajstić information content (AvgIpc) is 3.09. The first-order valence-electron chi connectivity index (χ1n) is 7.46. The third kappa shape index (κ3) is 3.57. The van der Waals surface area contributed by atoms with E-state index in [1.165, 1.54) is 11.0 Å². The van der Waals surface area contributed by atoms with Gasteiger partial charge in [-0.3, -0.25) is 4.79 Å². The molecule has 0 bridgehead atoms. The van der Waals surface area contributed by atoms with Crippen LogP contribution in [0.3, 0.4) is 0 Å². The molecule has 1 N–H and O–H groups in total. The molecule has 3 rings (SSSR count). The van der Waals surface area contributed by atoms with E-state index in [-0.39, 0.29) is 12.5 Å². The van der Waals surface area contributed by atoms with E-state index in [1.54, 1.807) is 12.1 Å². The predicted molar refractivity (Wildman–Crippen MR) is 89.2 cm³/mol. The van der Waals surface area contributed by atoms with E-state index in [0.29, 0.717) is 5.69 Å². The van der Waals surface area contributed by atoms with Crippen molar-refractivity contribution in [2.24, 2.45) is 0 Å². The molecule has 0 spiro atoms. The fourth-order valence-electron chi connectivity index (χ4n) is 2.37. The quantitative estimate of drug-likeness (QED) is 0.779. The van der Waals surface area contributed by atoms with Crippen molar-refractivity contribution in [3.8, 4) is 11.4 Å². The summed E-state index contributed by atoms with van der Waals surface area (Å²) in [6.07, 6.45) is 1.49. The third-order valence-electron chi connectivity index (χ3n) is 3.50. The molecule has 3 aromatic rings. The van der Waals surface area contributed by atoms with Crippen molar-refractivity contribution in [3.63, 3.8) is 0 Å². The van der Waals surface area contributed by atoms with Crippen LogP contribution in [0.5, 0.6) is 5.75 Å². The average molecular weight is 323 g/mol. The maximum atomic E-state index is 12.1. The van der Waals surface area contributed by atoms with Gasteiger partial charge in [-0.1, -0.05) is 24.3 Å². The minimum Gasteiger partial charge on any atom is -0.483 e. The molecule has 1 aromatic heterocycles. The number of para-hydroxylation sites is 1. The van der Waals surface area contributed by atoms with Crippen LogP contribution in [-0.2, 0) is 4.79 Å². The second kappa shape index (κ2) is 6.91. The van der Waals surface area contributed by atoms with Crippen molar-refractivity contribution >= 4 is 11.6 Å². The van der Waals surface area contributed by atoms with Crippen LogP contribution in [0.1, 0.15) is 11.1 Å². The lowest BCUT2D eigenvalue weighted by molar-refractivity contribution is -0.118. The lowest BCUT2D eigenvalue weighted by Gasteiger charge is -2.12. The number of anilines is 1. The fraction of sp³-hybridized carbons (Fsp3) is 0.176. The van der Waals surface area contributed by atoms with Crippen molar-refractivity contribution in [1.82, 2.24) is 20.2 Å². The number of amides is 1. The largest absolute Gasteiger partial charge is 0.483 e. The third-order valence-corrected chi connectivity index (χ3v) is 3.50. The van der Waals surface area contributed by atoms with E-state index in [0.717, 1.165) is 22.6 Å². The van der Waals surface area contributed by atoms with E-state index in [2.05, 4.69) is 20.8 Å². The molecule has 2 aromatic carbocycles. The van der Waals surface area contributed by atoms with Crippen molar-refractivity contribution in [1.29, 1.82) is 0 Å². The molecular weight excluding hydrogens is 306 g/mol. The van der Waals surface area contributed by atoms with Crippen LogP contribution in [-0.4, -0.2) is 32.7 Å². The summed E-state index contributed by atoms with van der Waals surface area (Å²) in [5.41, 5.74) is 3.42. The van der Waals surface area contributed by atoms with Crippen LogP contribution in [0.4, 0.5) is 5.69 Å². The molecule has 0 unspecified atom stereocenters. The Morgan fingerprint density at radius 2 is 1.92 bits per heavy atom. The first-order chi connectivity index (χ1) is 11.6. The highest BCUT2D eigenvalue weighted by atomic mass is 16.5. The Hall–Kier alpha value is -3.22. The topological polar surface area (TPSA) is 81.9 Å². The van der Waals surface area contributed by atoms with Crippen molar-refractivity contribution < 1.29 is 9.53 Å². The van der Waals surface area contributed by atoms with E-state index >= 15 is 0 Å². The van der Waals surface area contributed by atoms with Gasteiger partial charge in [-0.2, -0.15) is 0 Å². The number of ether oxygens (including phenoxy) is 1. The zero-order valence-corrected chi connectivity index (χ0v) is 13.4. The van der Waals surface area contributed by atoms with E-state index in [4.69, 9.17) is 4.74 Å². The summed E-state index contributed by atoms with van der Waals surface area (Å²) in [5, 5.41) is 13.8. The lowest BCUT2D eigenvalue weighted by atomic mass is 10.1. The maximum absolute atomic E-state index is 12.1. The molecule has 122 valence electrons. The molecule has 1 heterocycles. The van der Waals surface area contributed by atoms with Gasteiger partial charge in [0, 0.05) is 5.69 Å². The molecule has 1 amide bonds. The molecule has 0 aliphatic carbocycles. The molecular formula is C17H17N5O2. The summed E-state index contributed by atoms with van der Waals surface area (Å²) < 4.78 is 7.17. The van der Waals surface area contributed by atoms with Gasteiger partial charge in [0.05, 0.1) is 5.69 Å². The summed E-state index contributed by atoms with van der Waals surface area (Å²) in [4.78, 5) is 12.1. The Kier molecular flexibility index (Phi) is 4.51. The van der Waals surface area contributed by atoms with Crippen LogP contribution in [0.25, 0.3) is 5.69 Å². The number of nitrogens with zero attached hydrogens (tertiary/aromatic N) is 4. The van der Waals surface area contributed by atoms with E-state index in [1.807, 2.05) is 44.2 Å². The number of rotatable bonds is 5. The van der Waals surface area contributed by atoms with Crippen LogP contribution < -0.4 is 10.1 Å². The fourth-order valence-corrected chi connectivity index (χ4v) is 2.37. The summed E-state index contributed by atoms with van der Waals surface area (Å²) in [6.45, 7) is 3.85. The molecule has 0 fully saturated rings. The Bertz CT molecular complexity index is 826. The summed E-state index contributed by atoms with van der Waals surface area (Å²) >= 11 is 0. The highest BCUT2D eigenvalue weighted by Gasteiger charge is 2.08. The highest BCUT2D eigenvalue weighted by Crippen LogP contribution is 2.22. The zero-order chi connectivity index (χ0) is 16.9. The molecule has 0 radical (unpaired) electrons. The van der Waals surface area contributed by atoms with Crippen molar-refractivity contribution in [3.05, 3.63) is 59.9 Å². The molecule has 0 aliphatic heterocycles. The second-order valence-corrected chi connectivity index (χ2v) is 5.36. The number of aromatic nitrogens is 4. The van der Waals surface area contributed by atoms with Crippen LogP contribution in [0.15, 0.2) is 48.8 Å². The number of tetrazole rings is 1. The Morgan fingerprint density at radius 1 is 1.17 bits per heavy atom. The monoisotopic (exact) mass is 323 g/mol. The van der Waals surface area contributed by atoms with Crippen LogP contribution in [0.2, 0.25) is 0 Å². The highest BCUT2D eigenvalue weighted by molar-refractivity contribution is 5.92. The number of hydrogen-bond acceptors (Lipinski definition) is 5. The molecule has 0 saturated carbocycles. The molecule has 0 aliphatic rings. The lowest BCUT2D eigenvalue weighted by Crippen LogP contribution is -2.20. The standard InChI is InChI=1S/C17H17N5O2/c1-12-5-3-6-13(2)17(12)24-10-16(23)19-14-7-4-8-15(9-14)22-11-18-20-21-22/h3-9,11H,10H2,1-2H3,(H,19,23). The SMILES string of the molecule is Cc1cccc(C)c1OCC(=O)Nc1cccc(-n2cnnn2)c1. The predicted octanol–water partition coefficient (Wildman–Crippen LogP) is 2.30. The Labute approximate surface area is 139 Å². The summed E-state index contributed by atoms with van der Waals surface area (Å²) in [5.74, 6) is 0.515. The Morgan fingerprint density at radius 3 is 2.62 bits per heavy atom. The minimum atomic E-state index is -0.230.